The zero-order chi connectivity index (χ0) is 25.9. The van der Waals surface area contributed by atoms with Crippen molar-refractivity contribution in [3.63, 3.8) is 0 Å². The molecular formula is C29H31N7O. The first-order valence-electron chi connectivity index (χ1n) is 12.6. The fourth-order valence-electron chi connectivity index (χ4n) is 6.34. The summed E-state index contributed by atoms with van der Waals surface area (Å²) in [5, 5.41) is 19.6. The molecule has 2 aliphatic rings. The number of benzene rings is 2. The minimum atomic E-state index is 0.0198. The summed E-state index contributed by atoms with van der Waals surface area (Å²) in [6.45, 7) is 7.36. The van der Waals surface area contributed by atoms with E-state index in [0.717, 1.165) is 82.0 Å². The van der Waals surface area contributed by atoms with Crippen LogP contribution in [0.1, 0.15) is 35.7 Å². The van der Waals surface area contributed by atoms with Crippen LogP contribution in [0.2, 0.25) is 0 Å². The van der Waals surface area contributed by atoms with Gasteiger partial charge in [0.15, 0.2) is 0 Å². The Kier molecular flexibility index (Phi) is 5.29. The highest BCUT2D eigenvalue weighted by Crippen LogP contribution is 2.56. The fourth-order valence-corrected chi connectivity index (χ4v) is 6.34. The van der Waals surface area contributed by atoms with Crippen molar-refractivity contribution >= 4 is 28.7 Å². The van der Waals surface area contributed by atoms with Crippen molar-refractivity contribution < 1.29 is 4.79 Å². The van der Waals surface area contributed by atoms with Crippen molar-refractivity contribution in [1.82, 2.24) is 24.6 Å². The van der Waals surface area contributed by atoms with Crippen LogP contribution in [0.4, 0.5) is 5.69 Å². The first-order chi connectivity index (χ1) is 17.9. The van der Waals surface area contributed by atoms with Crippen molar-refractivity contribution in [2.45, 2.75) is 25.7 Å². The Hall–Kier alpha value is -4.20. The minimum Gasteiger partial charge on any atom is -0.388 e. The van der Waals surface area contributed by atoms with E-state index in [0.29, 0.717) is 5.92 Å². The van der Waals surface area contributed by atoms with Crippen molar-refractivity contribution in [2.24, 2.45) is 12.5 Å². The predicted octanol–water partition coefficient (Wildman–Crippen LogP) is 4.87. The highest BCUT2D eigenvalue weighted by molar-refractivity contribution is 5.99. The lowest BCUT2D eigenvalue weighted by Gasteiger charge is -2.58. The fraction of sp³-hybridized carbons (Fsp3) is 0.310. The molecule has 3 N–H and O–H groups in total. The van der Waals surface area contributed by atoms with Gasteiger partial charge in [0, 0.05) is 72.5 Å². The standard InChI is InChI=1S/C29H31N7O/c1-5-24(37)36-15-29(16-36)11-20(12-29)28-33-26(18-7-9-22(31-3)19(10-18)13-30)27(35(28)4)25-17(2)6-8-23-21(25)14-32-34-23/h5-10,13-14,20,30-31H,1,11-12,15-16H2,2-4H3,(H,32,34). The number of hydrogen-bond acceptors (Lipinski definition) is 5. The monoisotopic (exact) mass is 493 g/mol. The quantitative estimate of drug-likeness (QED) is 0.263. The first-order valence-corrected chi connectivity index (χ1v) is 12.6. The number of aryl methyl sites for hydroxylation is 1. The van der Waals surface area contributed by atoms with Gasteiger partial charge < -0.3 is 20.2 Å². The second-order valence-electron chi connectivity index (χ2n) is 10.5. The number of fused-ring (bicyclic) bond motifs is 1. The Morgan fingerprint density at radius 1 is 1.27 bits per heavy atom. The van der Waals surface area contributed by atoms with Gasteiger partial charge in [0.25, 0.3) is 0 Å². The number of aromatic amines is 1. The van der Waals surface area contributed by atoms with Crippen LogP contribution in [0, 0.1) is 17.7 Å². The number of rotatable bonds is 6. The molecule has 37 heavy (non-hydrogen) atoms. The molecule has 4 aromatic rings. The number of aromatic nitrogens is 4. The van der Waals surface area contributed by atoms with E-state index in [4.69, 9.17) is 10.4 Å². The number of carbonyl (C=O) groups excluding carboxylic acids is 1. The molecule has 0 bridgehead atoms. The van der Waals surface area contributed by atoms with Gasteiger partial charge in [0.05, 0.1) is 23.1 Å². The van der Waals surface area contributed by atoms with E-state index in [1.165, 1.54) is 12.3 Å². The van der Waals surface area contributed by atoms with Crippen molar-refractivity contribution in [3.05, 3.63) is 66.1 Å². The molecule has 1 spiro atoms. The Balaban J connectivity index is 1.46. The zero-order valence-corrected chi connectivity index (χ0v) is 21.4. The number of nitrogens with zero attached hydrogens (tertiary/aromatic N) is 4. The van der Waals surface area contributed by atoms with E-state index in [-0.39, 0.29) is 11.3 Å². The molecule has 1 saturated heterocycles. The molecule has 2 fully saturated rings. The van der Waals surface area contributed by atoms with Crippen molar-refractivity contribution in [1.29, 1.82) is 5.41 Å². The number of imidazole rings is 1. The number of anilines is 1. The Morgan fingerprint density at radius 2 is 2.05 bits per heavy atom. The molecule has 2 aromatic heterocycles. The van der Waals surface area contributed by atoms with Gasteiger partial charge in [-0.15, -0.1) is 0 Å². The lowest BCUT2D eigenvalue weighted by atomic mass is 9.57. The number of likely N-dealkylation sites (tertiary alicyclic amines) is 1. The minimum absolute atomic E-state index is 0.0198. The molecule has 0 radical (unpaired) electrons. The highest BCUT2D eigenvalue weighted by atomic mass is 16.2. The van der Waals surface area contributed by atoms with Gasteiger partial charge in [0.2, 0.25) is 5.91 Å². The SMILES string of the molecule is C=CC(=O)N1CC2(CC(c3nc(-c4ccc(NC)c(C=N)c4)c(-c4c(C)ccc5[nH]ncc45)n3C)C2)C1. The molecule has 1 amide bonds. The number of nitrogens with one attached hydrogen (secondary N) is 3. The van der Waals surface area contributed by atoms with E-state index in [1.54, 1.807) is 0 Å². The van der Waals surface area contributed by atoms with Gasteiger partial charge >= 0.3 is 0 Å². The van der Waals surface area contributed by atoms with Crippen LogP contribution in [0.25, 0.3) is 33.4 Å². The smallest absolute Gasteiger partial charge is 0.245 e. The molecule has 1 aliphatic heterocycles. The Bertz CT molecular complexity index is 1560. The van der Waals surface area contributed by atoms with Gasteiger partial charge in [-0.2, -0.15) is 5.10 Å². The van der Waals surface area contributed by atoms with E-state index >= 15 is 0 Å². The number of carbonyl (C=O) groups is 1. The summed E-state index contributed by atoms with van der Waals surface area (Å²) in [5.41, 5.74) is 8.17. The topological polar surface area (TPSA) is 103 Å². The van der Waals surface area contributed by atoms with E-state index < -0.39 is 0 Å². The summed E-state index contributed by atoms with van der Waals surface area (Å²) in [6, 6.07) is 10.3. The summed E-state index contributed by atoms with van der Waals surface area (Å²) < 4.78 is 2.25. The predicted molar refractivity (Wildman–Crippen MR) is 147 cm³/mol. The van der Waals surface area contributed by atoms with Crippen molar-refractivity contribution in [2.75, 3.05) is 25.5 Å². The first kappa shape index (κ1) is 23.2. The van der Waals surface area contributed by atoms with Crippen LogP contribution in [0.3, 0.4) is 0 Å². The van der Waals surface area contributed by atoms with Crippen molar-refractivity contribution in [3.8, 4) is 22.5 Å². The normalized spacial score (nSPS) is 16.5. The maximum Gasteiger partial charge on any atom is 0.245 e. The molecule has 188 valence electrons. The summed E-state index contributed by atoms with van der Waals surface area (Å²) in [5.74, 6) is 1.42. The van der Waals surface area contributed by atoms with Crippen LogP contribution < -0.4 is 5.32 Å². The van der Waals surface area contributed by atoms with Gasteiger partial charge in [0.1, 0.15) is 5.82 Å². The average molecular weight is 494 g/mol. The Labute approximate surface area is 215 Å². The third-order valence-electron chi connectivity index (χ3n) is 8.21. The van der Waals surface area contributed by atoms with Gasteiger partial charge in [-0.05, 0) is 49.6 Å². The van der Waals surface area contributed by atoms with Gasteiger partial charge in [-0.25, -0.2) is 4.98 Å². The lowest BCUT2D eigenvalue weighted by molar-refractivity contribution is -0.146. The van der Waals surface area contributed by atoms with Crippen LogP contribution in [-0.4, -0.2) is 56.9 Å². The highest BCUT2D eigenvalue weighted by Gasteiger charge is 2.54. The summed E-state index contributed by atoms with van der Waals surface area (Å²) in [6.07, 6.45) is 6.72. The third-order valence-corrected chi connectivity index (χ3v) is 8.21. The largest absolute Gasteiger partial charge is 0.388 e. The van der Waals surface area contributed by atoms with Gasteiger partial charge in [-0.1, -0.05) is 18.7 Å². The second kappa shape index (κ2) is 8.44. The van der Waals surface area contributed by atoms with Gasteiger partial charge in [-0.3, -0.25) is 9.89 Å². The second-order valence-corrected chi connectivity index (χ2v) is 10.5. The van der Waals surface area contributed by atoms with Crippen LogP contribution in [0.5, 0.6) is 0 Å². The maximum atomic E-state index is 12.0. The maximum absolute atomic E-state index is 12.0. The Morgan fingerprint density at radius 3 is 2.76 bits per heavy atom. The third kappa shape index (κ3) is 3.50. The number of amides is 1. The molecular weight excluding hydrogens is 462 g/mol. The average Bonchev–Trinajstić information content (AvgIpc) is 3.46. The van der Waals surface area contributed by atoms with Crippen LogP contribution >= 0.6 is 0 Å². The molecule has 0 unspecified atom stereocenters. The molecule has 0 atom stereocenters. The molecule has 6 rings (SSSR count). The summed E-state index contributed by atoms with van der Waals surface area (Å²) in [4.78, 5) is 19.1. The number of H-pyrrole nitrogens is 1. The molecule has 2 aromatic carbocycles. The molecule has 3 heterocycles. The molecule has 8 nitrogen and oxygen atoms in total. The summed E-state index contributed by atoms with van der Waals surface area (Å²) >= 11 is 0. The molecule has 1 saturated carbocycles. The number of hydrogen-bond donors (Lipinski definition) is 3. The van der Waals surface area contributed by atoms with E-state index in [2.05, 4.69) is 58.8 Å². The van der Waals surface area contributed by atoms with E-state index in [1.807, 2.05) is 30.3 Å². The zero-order valence-electron chi connectivity index (χ0n) is 21.4. The summed E-state index contributed by atoms with van der Waals surface area (Å²) in [7, 11) is 3.98. The molecule has 8 heteroatoms. The lowest BCUT2D eigenvalue weighted by Crippen LogP contribution is -2.63. The van der Waals surface area contributed by atoms with E-state index in [9.17, 15) is 4.79 Å². The van der Waals surface area contributed by atoms with Crippen LogP contribution in [-0.2, 0) is 11.8 Å². The van der Waals surface area contributed by atoms with Crippen LogP contribution in [0.15, 0.2) is 49.2 Å². The molecule has 1 aliphatic carbocycles.